The van der Waals surface area contributed by atoms with Crippen LogP contribution in [0, 0.1) is 11.3 Å². The van der Waals surface area contributed by atoms with Crippen molar-refractivity contribution in [2.75, 3.05) is 6.61 Å². The standard InChI is InChI=1S/C13H24N2O/c1-4-13(10-14,15-12-6-7-12)8-5-9-16-11(2)3/h11-12,15H,4-9H2,1-3H3. The number of nitrogens with zero attached hydrogens (tertiary/aromatic N) is 1. The predicted molar refractivity (Wildman–Crippen MR) is 65.1 cm³/mol. The van der Waals surface area contributed by atoms with Gasteiger partial charge in [0.25, 0.3) is 0 Å². The van der Waals surface area contributed by atoms with E-state index in [4.69, 9.17) is 4.74 Å². The summed E-state index contributed by atoms with van der Waals surface area (Å²) in [6, 6.07) is 3.05. The summed E-state index contributed by atoms with van der Waals surface area (Å²) in [7, 11) is 0. The van der Waals surface area contributed by atoms with E-state index in [9.17, 15) is 5.26 Å². The monoisotopic (exact) mass is 224 g/mol. The highest BCUT2D eigenvalue weighted by Gasteiger charge is 2.34. The molecule has 0 aromatic rings. The topological polar surface area (TPSA) is 45.0 Å². The molecule has 0 spiro atoms. The average Bonchev–Trinajstić information content (AvgIpc) is 3.06. The van der Waals surface area contributed by atoms with Gasteiger partial charge in [0.05, 0.1) is 12.2 Å². The quantitative estimate of drug-likeness (QED) is 0.645. The summed E-state index contributed by atoms with van der Waals surface area (Å²) in [5.74, 6) is 0. The molecule has 0 saturated heterocycles. The Morgan fingerprint density at radius 3 is 2.62 bits per heavy atom. The van der Waals surface area contributed by atoms with Crippen molar-refractivity contribution < 1.29 is 4.74 Å². The summed E-state index contributed by atoms with van der Waals surface area (Å²) in [5, 5.41) is 12.8. The average molecular weight is 224 g/mol. The summed E-state index contributed by atoms with van der Waals surface area (Å²) in [5.41, 5.74) is -0.318. The van der Waals surface area contributed by atoms with E-state index < -0.39 is 0 Å². The first-order valence-electron chi connectivity index (χ1n) is 6.42. The molecule has 3 heteroatoms. The highest BCUT2D eigenvalue weighted by Crippen LogP contribution is 2.26. The van der Waals surface area contributed by atoms with Gasteiger partial charge in [-0.25, -0.2) is 0 Å². The zero-order valence-electron chi connectivity index (χ0n) is 10.8. The van der Waals surface area contributed by atoms with Gasteiger partial charge in [0.15, 0.2) is 0 Å². The molecule has 1 rings (SSSR count). The largest absolute Gasteiger partial charge is 0.379 e. The third-order valence-corrected chi connectivity index (χ3v) is 3.07. The van der Waals surface area contributed by atoms with Gasteiger partial charge < -0.3 is 4.74 Å². The lowest BCUT2D eigenvalue weighted by atomic mass is 9.92. The predicted octanol–water partition coefficient (Wildman–Crippen LogP) is 2.62. The smallest absolute Gasteiger partial charge is 0.106 e. The molecule has 1 saturated carbocycles. The molecule has 0 aromatic carbocycles. The molecule has 1 unspecified atom stereocenters. The molecule has 1 aliphatic rings. The molecule has 0 heterocycles. The molecule has 1 atom stereocenters. The first-order valence-corrected chi connectivity index (χ1v) is 6.42. The molecular formula is C13H24N2O. The summed E-state index contributed by atoms with van der Waals surface area (Å²) in [6.07, 6.45) is 5.47. The SMILES string of the molecule is CCC(C#N)(CCCOC(C)C)NC1CC1. The van der Waals surface area contributed by atoms with Crippen LogP contribution in [0.1, 0.15) is 52.9 Å². The third kappa shape index (κ3) is 4.51. The second-order valence-corrected chi connectivity index (χ2v) is 4.99. The van der Waals surface area contributed by atoms with E-state index in [1.807, 2.05) is 13.8 Å². The maximum atomic E-state index is 9.31. The lowest BCUT2D eigenvalue weighted by Crippen LogP contribution is -2.44. The Morgan fingerprint density at radius 1 is 1.50 bits per heavy atom. The molecular weight excluding hydrogens is 200 g/mol. The minimum Gasteiger partial charge on any atom is -0.379 e. The van der Waals surface area contributed by atoms with Crippen LogP contribution in [0.3, 0.4) is 0 Å². The van der Waals surface area contributed by atoms with Gasteiger partial charge in [0.2, 0.25) is 0 Å². The molecule has 16 heavy (non-hydrogen) atoms. The van der Waals surface area contributed by atoms with Crippen LogP contribution in [0.4, 0.5) is 0 Å². The van der Waals surface area contributed by atoms with Crippen LogP contribution in [-0.4, -0.2) is 24.3 Å². The molecule has 0 radical (unpaired) electrons. The van der Waals surface area contributed by atoms with Gasteiger partial charge in [-0.2, -0.15) is 5.26 Å². The molecule has 1 fully saturated rings. The lowest BCUT2D eigenvalue weighted by Gasteiger charge is -2.26. The summed E-state index contributed by atoms with van der Waals surface area (Å²) in [4.78, 5) is 0. The van der Waals surface area contributed by atoms with Crippen LogP contribution in [-0.2, 0) is 4.74 Å². The number of hydrogen-bond acceptors (Lipinski definition) is 3. The van der Waals surface area contributed by atoms with E-state index in [0.29, 0.717) is 6.04 Å². The number of ether oxygens (including phenoxy) is 1. The fraction of sp³-hybridized carbons (Fsp3) is 0.923. The minimum absolute atomic E-state index is 0.287. The molecule has 3 nitrogen and oxygen atoms in total. The number of nitrogens with one attached hydrogen (secondary N) is 1. The Morgan fingerprint density at radius 2 is 2.19 bits per heavy atom. The fourth-order valence-electron chi connectivity index (χ4n) is 1.83. The highest BCUT2D eigenvalue weighted by molar-refractivity contribution is 5.09. The van der Waals surface area contributed by atoms with E-state index >= 15 is 0 Å². The zero-order chi connectivity index (χ0) is 12.0. The summed E-state index contributed by atoms with van der Waals surface area (Å²) < 4.78 is 5.51. The second kappa shape index (κ2) is 6.22. The van der Waals surface area contributed by atoms with Crippen LogP contribution in [0.15, 0.2) is 0 Å². The van der Waals surface area contributed by atoms with E-state index in [1.54, 1.807) is 0 Å². The molecule has 92 valence electrons. The number of hydrogen-bond donors (Lipinski definition) is 1. The molecule has 0 bridgehead atoms. The molecule has 0 aliphatic heterocycles. The van der Waals surface area contributed by atoms with E-state index in [-0.39, 0.29) is 11.6 Å². The van der Waals surface area contributed by atoms with Crippen molar-refractivity contribution in [3.05, 3.63) is 0 Å². The third-order valence-electron chi connectivity index (χ3n) is 3.07. The Hall–Kier alpha value is -0.590. The van der Waals surface area contributed by atoms with Gasteiger partial charge in [0.1, 0.15) is 5.54 Å². The zero-order valence-corrected chi connectivity index (χ0v) is 10.8. The van der Waals surface area contributed by atoms with Crippen LogP contribution in [0.2, 0.25) is 0 Å². The van der Waals surface area contributed by atoms with Gasteiger partial charge in [0, 0.05) is 12.6 Å². The summed E-state index contributed by atoms with van der Waals surface area (Å²) in [6.45, 7) is 6.93. The van der Waals surface area contributed by atoms with Crippen LogP contribution in [0.25, 0.3) is 0 Å². The van der Waals surface area contributed by atoms with Gasteiger partial charge in [-0.05, 0) is 46.0 Å². The Kier molecular flexibility index (Phi) is 5.24. The summed E-state index contributed by atoms with van der Waals surface area (Å²) >= 11 is 0. The van der Waals surface area contributed by atoms with Crippen LogP contribution < -0.4 is 5.32 Å². The molecule has 0 aromatic heterocycles. The van der Waals surface area contributed by atoms with E-state index in [2.05, 4.69) is 18.3 Å². The normalized spacial score (nSPS) is 19.4. The Labute approximate surface area is 99.2 Å². The minimum atomic E-state index is -0.318. The van der Waals surface area contributed by atoms with Crippen molar-refractivity contribution >= 4 is 0 Å². The van der Waals surface area contributed by atoms with Gasteiger partial charge in [-0.1, -0.05) is 6.92 Å². The lowest BCUT2D eigenvalue weighted by molar-refractivity contribution is 0.0725. The van der Waals surface area contributed by atoms with Crippen molar-refractivity contribution in [2.45, 2.75) is 70.6 Å². The van der Waals surface area contributed by atoms with Crippen molar-refractivity contribution in [2.24, 2.45) is 0 Å². The fourth-order valence-corrected chi connectivity index (χ4v) is 1.83. The van der Waals surface area contributed by atoms with Crippen molar-refractivity contribution in [3.8, 4) is 6.07 Å². The number of rotatable bonds is 8. The van der Waals surface area contributed by atoms with E-state index in [1.165, 1.54) is 12.8 Å². The first-order chi connectivity index (χ1) is 7.62. The Bertz CT molecular complexity index is 243. The first kappa shape index (κ1) is 13.5. The molecule has 1 aliphatic carbocycles. The van der Waals surface area contributed by atoms with E-state index in [0.717, 1.165) is 25.9 Å². The van der Waals surface area contributed by atoms with Crippen LogP contribution >= 0.6 is 0 Å². The van der Waals surface area contributed by atoms with Crippen LogP contribution in [0.5, 0.6) is 0 Å². The van der Waals surface area contributed by atoms with Gasteiger partial charge >= 0.3 is 0 Å². The second-order valence-electron chi connectivity index (χ2n) is 4.99. The molecule has 0 amide bonds. The highest BCUT2D eigenvalue weighted by atomic mass is 16.5. The van der Waals surface area contributed by atoms with Crippen molar-refractivity contribution in [1.29, 1.82) is 5.26 Å². The number of nitriles is 1. The van der Waals surface area contributed by atoms with Crippen molar-refractivity contribution in [1.82, 2.24) is 5.32 Å². The van der Waals surface area contributed by atoms with Crippen molar-refractivity contribution in [3.63, 3.8) is 0 Å². The van der Waals surface area contributed by atoms with Gasteiger partial charge in [-0.15, -0.1) is 0 Å². The Balaban J connectivity index is 2.29. The maximum Gasteiger partial charge on any atom is 0.106 e. The molecule has 1 N–H and O–H groups in total. The van der Waals surface area contributed by atoms with Gasteiger partial charge in [-0.3, -0.25) is 5.32 Å². The maximum absolute atomic E-state index is 9.31.